The van der Waals surface area contributed by atoms with Gasteiger partial charge in [0.15, 0.2) is 11.5 Å². The highest BCUT2D eigenvalue weighted by molar-refractivity contribution is 5.48. The Hall–Kier alpha value is -1.82. The summed E-state index contributed by atoms with van der Waals surface area (Å²) in [4.78, 5) is 10.1. The van der Waals surface area contributed by atoms with Crippen molar-refractivity contribution in [3.05, 3.63) is 28.3 Å². The molecule has 6 nitrogen and oxygen atoms in total. The van der Waals surface area contributed by atoms with Crippen LogP contribution >= 0.6 is 0 Å². The maximum atomic E-state index is 10.6. The molecule has 18 heavy (non-hydrogen) atoms. The molecule has 1 unspecified atom stereocenters. The molecule has 0 heterocycles. The van der Waals surface area contributed by atoms with Crippen molar-refractivity contribution in [2.24, 2.45) is 5.92 Å². The Morgan fingerprint density at radius 2 is 2.22 bits per heavy atom. The highest BCUT2D eigenvalue weighted by atomic mass is 16.6. The van der Waals surface area contributed by atoms with Gasteiger partial charge < -0.3 is 14.6 Å². The average Bonchev–Trinajstić information content (AvgIpc) is 3.19. The van der Waals surface area contributed by atoms with Crippen LogP contribution in [0.5, 0.6) is 11.5 Å². The molecule has 0 spiro atoms. The number of benzene rings is 1. The first kappa shape index (κ1) is 12.6. The monoisotopic (exact) mass is 253 g/mol. The van der Waals surface area contributed by atoms with E-state index in [0.29, 0.717) is 17.4 Å². The number of hydrogen-bond donors (Lipinski definition) is 1. The number of aliphatic hydroxyl groups is 1. The Kier molecular flexibility index (Phi) is 3.66. The molecule has 0 saturated heterocycles. The maximum Gasteiger partial charge on any atom is 0.273 e. The molecule has 98 valence electrons. The van der Waals surface area contributed by atoms with Gasteiger partial charge in [-0.1, -0.05) is 0 Å². The van der Waals surface area contributed by atoms with Crippen LogP contribution in [0.15, 0.2) is 18.2 Å². The van der Waals surface area contributed by atoms with Gasteiger partial charge in [-0.3, -0.25) is 10.1 Å². The Balaban J connectivity index is 2.04. The third-order valence-corrected chi connectivity index (χ3v) is 2.93. The molecule has 2 rings (SSSR count). The minimum atomic E-state index is -0.495. The van der Waals surface area contributed by atoms with Crippen LogP contribution in [-0.2, 0) is 0 Å². The van der Waals surface area contributed by atoms with Crippen molar-refractivity contribution >= 4 is 5.69 Å². The van der Waals surface area contributed by atoms with Crippen molar-refractivity contribution in [3.63, 3.8) is 0 Å². The van der Waals surface area contributed by atoms with Crippen molar-refractivity contribution in [1.82, 2.24) is 0 Å². The Labute approximate surface area is 104 Å². The third-order valence-electron chi connectivity index (χ3n) is 2.93. The summed E-state index contributed by atoms with van der Waals surface area (Å²) >= 11 is 0. The fraction of sp³-hybridized carbons (Fsp3) is 0.500. The second-order valence-electron chi connectivity index (χ2n) is 4.31. The van der Waals surface area contributed by atoms with Crippen molar-refractivity contribution < 1.29 is 19.5 Å². The Bertz CT molecular complexity index is 444. The normalized spacial score (nSPS) is 16.1. The van der Waals surface area contributed by atoms with Crippen molar-refractivity contribution in [2.75, 3.05) is 13.7 Å². The molecular weight excluding hydrogens is 238 g/mol. The quantitative estimate of drug-likeness (QED) is 0.617. The van der Waals surface area contributed by atoms with Crippen LogP contribution in [0.1, 0.15) is 12.8 Å². The van der Waals surface area contributed by atoms with Gasteiger partial charge >= 0.3 is 0 Å². The summed E-state index contributed by atoms with van der Waals surface area (Å²) in [7, 11) is 1.42. The Morgan fingerprint density at radius 3 is 2.78 bits per heavy atom. The van der Waals surface area contributed by atoms with Crippen LogP contribution in [0, 0.1) is 16.0 Å². The highest BCUT2D eigenvalue weighted by Crippen LogP contribution is 2.34. The first-order valence-corrected chi connectivity index (χ1v) is 5.75. The lowest BCUT2D eigenvalue weighted by Gasteiger charge is -2.13. The number of hydrogen-bond acceptors (Lipinski definition) is 5. The topological polar surface area (TPSA) is 81.8 Å². The standard InChI is InChI=1S/C12H15NO5/c1-17-12-6-9(13(15)16)4-5-11(12)18-7-10(14)8-2-3-8/h4-6,8,10,14H,2-3,7H2,1H3. The molecule has 0 amide bonds. The summed E-state index contributed by atoms with van der Waals surface area (Å²) < 4.78 is 10.5. The molecule has 1 saturated carbocycles. The van der Waals surface area contributed by atoms with E-state index in [9.17, 15) is 15.2 Å². The fourth-order valence-corrected chi connectivity index (χ4v) is 1.68. The van der Waals surface area contributed by atoms with Gasteiger partial charge in [0.25, 0.3) is 5.69 Å². The largest absolute Gasteiger partial charge is 0.493 e. The number of aliphatic hydroxyl groups excluding tert-OH is 1. The molecule has 0 aliphatic heterocycles. The van der Waals surface area contributed by atoms with Crippen molar-refractivity contribution in [3.8, 4) is 11.5 Å². The molecule has 1 aliphatic carbocycles. The van der Waals surface area contributed by atoms with Gasteiger partial charge in [0.05, 0.1) is 24.2 Å². The van der Waals surface area contributed by atoms with Crippen LogP contribution in [0.4, 0.5) is 5.69 Å². The van der Waals surface area contributed by atoms with Gasteiger partial charge in [0, 0.05) is 6.07 Å². The summed E-state index contributed by atoms with van der Waals surface area (Å²) in [5, 5.41) is 20.3. The number of ether oxygens (including phenoxy) is 2. The van der Waals surface area contributed by atoms with Crippen molar-refractivity contribution in [1.29, 1.82) is 0 Å². The van der Waals surface area contributed by atoms with Crippen LogP contribution in [-0.4, -0.2) is 29.9 Å². The zero-order valence-corrected chi connectivity index (χ0v) is 10.0. The van der Waals surface area contributed by atoms with Crippen LogP contribution in [0.2, 0.25) is 0 Å². The smallest absolute Gasteiger partial charge is 0.273 e. The molecule has 1 aromatic rings. The second-order valence-corrected chi connectivity index (χ2v) is 4.31. The minimum absolute atomic E-state index is 0.0538. The van der Waals surface area contributed by atoms with Gasteiger partial charge in [-0.05, 0) is 24.8 Å². The first-order chi connectivity index (χ1) is 8.61. The predicted octanol–water partition coefficient (Wildman–Crippen LogP) is 1.75. The zero-order chi connectivity index (χ0) is 13.1. The van der Waals surface area contributed by atoms with Gasteiger partial charge in [-0.2, -0.15) is 0 Å². The molecular formula is C12H15NO5. The van der Waals surface area contributed by atoms with E-state index in [1.165, 1.54) is 25.3 Å². The van der Waals surface area contributed by atoms with E-state index >= 15 is 0 Å². The molecule has 6 heteroatoms. The maximum absolute atomic E-state index is 10.6. The lowest BCUT2D eigenvalue weighted by molar-refractivity contribution is -0.384. The number of nitro groups is 1. The molecule has 1 aromatic carbocycles. The van der Waals surface area contributed by atoms with Gasteiger partial charge in [-0.25, -0.2) is 0 Å². The van der Waals surface area contributed by atoms with Gasteiger partial charge in [0.1, 0.15) is 6.61 Å². The van der Waals surface area contributed by atoms with Crippen LogP contribution < -0.4 is 9.47 Å². The van der Waals surface area contributed by atoms with E-state index in [2.05, 4.69) is 0 Å². The molecule has 1 N–H and O–H groups in total. The van der Waals surface area contributed by atoms with Gasteiger partial charge in [-0.15, -0.1) is 0 Å². The average molecular weight is 253 g/mol. The van der Waals surface area contributed by atoms with Crippen LogP contribution in [0.3, 0.4) is 0 Å². The zero-order valence-electron chi connectivity index (χ0n) is 10.0. The summed E-state index contributed by atoms with van der Waals surface area (Å²) in [6.45, 7) is 0.179. The lowest BCUT2D eigenvalue weighted by Crippen LogP contribution is -2.19. The molecule has 1 fully saturated rings. The number of non-ortho nitro benzene ring substituents is 1. The minimum Gasteiger partial charge on any atom is -0.493 e. The van der Waals surface area contributed by atoms with E-state index in [1.54, 1.807) is 0 Å². The fourth-order valence-electron chi connectivity index (χ4n) is 1.68. The first-order valence-electron chi connectivity index (χ1n) is 5.75. The summed E-state index contributed by atoms with van der Waals surface area (Å²) in [5.41, 5.74) is -0.0538. The van der Waals surface area contributed by atoms with Gasteiger partial charge in [0.2, 0.25) is 0 Å². The molecule has 1 aliphatic rings. The SMILES string of the molecule is COc1cc([N+](=O)[O-])ccc1OCC(O)C1CC1. The van der Waals surface area contributed by atoms with E-state index in [0.717, 1.165) is 12.8 Å². The molecule has 0 aromatic heterocycles. The number of nitro benzene ring substituents is 1. The van der Waals surface area contributed by atoms with E-state index in [-0.39, 0.29) is 12.3 Å². The van der Waals surface area contributed by atoms with Crippen LogP contribution in [0.25, 0.3) is 0 Å². The second kappa shape index (κ2) is 5.22. The number of rotatable bonds is 6. The molecule has 0 radical (unpaired) electrons. The third kappa shape index (κ3) is 2.89. The number of methoxy groups -OCH3 is 1. The molecule has 0 bridgehead atoms. The summed E-state index contributed by atoms with van der Waals surface area (Å²) in [6, 6.07) is 4.14. The van der Waals surface area contributed by atoms with E-state index in [4.69, 9.17) is 9.47 Å². The van der Waals surface area contributed by atoms with E-state index in [1.807, 2.05) is 0 Å². The number of nitrogens with zero attached hydrogens (tertiary/aromatic N) is 1. The predicted molar refractivity (Wildman–Crippen MR) is 63.9 cm³/mol. The van der Waals surface area contributed by atoms with E-state index < -0.39 is 11.0 Å². The highest BCUT2D eigenvalue weighted by Gasteiger charge is 2.30. The lowest BCUT2D eigenvalue weighted by atomic mass is 10.2. The summed E-state index contributed by atoms with van der Waals surface area (Å²) in [5.74, 6) is 1.03. The van der Waals surface area contributed by atoms with Crippen molar-refractivity contribution in [2.45, 2.75) is 18.9 Å². The summed E-state index contributed by atoms with van der Waals surface area (Å²) in [6.07, 6.45) is 1.58. The molecule has 1 atom stereocenters. The Morgan fingerprint density at radius 1 is 1.50 bits per heavy atom.